The number of pyridine rings is 1. The second-order valence-corrected chi connectivity index (χ2v) is 5.02. The molecule has 20 heavy (non-hydrogen) atoms. The minimum absolute atomic E-state index is 0.0611. The monoisotopic (exact) mass is 287 g/mol. The molecule has 2 N–H and O–H groups in total. The average Bonchev–Trinajstić information content (AvgIpc) is 2.37. The van der Waals surface area contributed by atoms with E-state index < -0.39 is 12.1 Å². The van der Waals surface area contributed by atoms with Crippen LogP contribution in [0.5, 0.6) is 0 Å². The molecular weight excluding hydrogens is 271 g/mol. The first-order chi connectivity index (χ1) is 9.29. The number of rotatable bonds is 1. The van der Waals surface area contributed by atoms with Gasteiger partial charge in [0, 0.05) is 30.7 Å². The van der Waals surface area contributed by atoms with Gasteiger partial charge in [0.1, 0.15) is 0 Å². The highest BCUT2D eigenvalue weighted by Crippen LogP contribution is 2.34. The lowest BCUT2D eigenvalue weighted by molar-refractivity contribution is -0.183. The third kappa shape index (κ3) is 3.02. The number of carbonyl (C=O) groups is 1. The zero-order valence-corrected chi connectivity index (χ0v) is 11.1. The van der Waals surface area contributed by atoms with Crippen LogP contribution in [-0.4, -0.2) is 35.1 Å². The smallest absolute Gasteiger partial charge is 0.391 e. The van der Waals surface area contributed by atoms with Gasteiger partial charge in [0.2, 0.25) is 0 Å². The summed E-state index contributed by atoms with van der Waals surface area (Å²) in [6, 6.07) is 1.58. The maximum absolute atomic E-state index is 12.6. The van der Waals surface area contributed by atoms with Crippen molar-refractivity contribution in [2.24, 2.45) is 5.92 Å². The maximum Gasteiger partial charge on any atom is 0.391 e. The van der Waals surface area contributed by atoms with E-state index in [0.29, 0.717) is 11.4 Å². The van der Waals surface area contributed by atoms with Gasteiger partial charge in [0.25, 0.3) is 5.91 Å². The first-order valence-electron chi connectivity index (χ1n) is 6.37. The van der Waals surface area contributed by atoms with Crippen molar-refractivity contribution in [1.82, 2.24) is 9.88 Å². The number of hydrogen-bond donors (Lipinski definition) is 1. The van der Waals surface area contributed by atoms with Crippen LogP contribution < -0.4 is 5.73 Å². The van der Waals surface area contributed by atoms with E-state index in [1.54, 1.807) is 13.0 Å². The highest BCUT2D eigenvalue weighted by molar-refractivity contribution is 5.98. The van der Waals surface area contributed by atoms with Gasteiger partial charge in [0.05, 0.1) is 11.5 Å². The van der Waals surface area contributed by atoms with Gasteiger partial charge >= 0.3 is 6.18 Å². The molecule has 1 aliphatic heterocycles. The maximum atomic E-state index is 12.6. The first kappa shape index (κ1) is 14.6. The summed E-state index contributed by atoms with van der Waals surface area (Å²) in [7, 11) is 0. The molecule has 1 aliphatic rings. The van der Waals surface area contributed by atoms with Gasteiger partial charge in [-0.2, -0.15) is 13.2 Å². The standard InChI is InChI=1S/C13H16F3N3O/c1-8-6-11(17)10(7-18-8)12(20)19-4-2-9(3-5-19)13(14,15)16/h6-7,9H,2-5H2,1H3,(H2,17,18). The molecule has 0 atom stereocenters. The summed E-state index contributed by atoms with van der Waals surface area (Å²) in [5.74, 6) is -1.67. The predicted molar refractivity (Wildman–Crippen MR) is 68.1 cm³/mol. The van der Waals surface area contributed by atoms with E-state index in [4.69, 9.17) is 5.73 Å². The van der Waals surface area contributed by atoms with E-state index in [2.05, 4.69) is 4.98 Å². The van der Waals surface area contributed by atoms with Crippen molar-refractivity contribution in [2.75, 3.05) is 18.8 Å². The van der Waals surface area contributed by atoms with Crippen LogP contribution >= 0.6 is 0 Å². The van der Waals surface area contributed by atoms with Crippen molar-refractivity contribution in [3.05, 3.63) is 23.5 Å². The van der Waals surface area contributed by atoms with Crippen LogP contribution in [0.4, 0.5) is 18.9 Å². The van der Waals surface area contributed by atoms with Gasteiger partial charge in [-0.05, 0) is 25.8 Å². The third-order valence-corrected chi connectivity index (χ3v) is 3.55. The summed E-state index contributed by atoms with van der Waals surface area (Å²) in [6.07, 6.45) is -2.93. The Morgan fingerprint density at radius 1 is 1.40 bits per heavy atom. The minimum atomic E-state index is -4.18. The number of likely N-dealkylation sites (tertiary alicyclic amines) is 1. The molecule has 1 aromatic heterocycles. The second-order valence-electron chi connectivity index (χ2n) is 5.02. The van der Waals surface area contributed by atoms with Crippen molar-refractivity contribution in [1.29, 1.82) is 0 Å². The van der Waals surface area contributed by atoms with Crippen LogP contribution in [0.25, 0.3) is 0 Å². The molecule has 1 fully saturated rings. The molecule has 0 spiro atoms. The number of carbonyl (C=O) groups excluding carboxylic acids is 1. The third-order valence-electron chi connectivity index (χ3n) is 3.55. The van der Waals surface area contributed by atoms with Gasteiger partial charge in [-0.25, -0.2) is 0 Å². The lowest BCUT2D eigenvalue weighted by Gasteiger charge is -2.33. The molecule has 4 nitrogen and oxygen atoms in total. The molecule has 0 unspecified atom stereocenters. The Bertz CT molecular complexity index is 508. The van der Waals surface area contributed by atoms with E-state index in [9.17, 15) is 18.0 Å². The van der Waals surface area contributed by atoms with E-state index in [0.717, 1.165) is 0 Å². The number of hydrogen-bond acceptors (Lipinski definition) is 3. The van der Waals surface area contributed by atoms with Crippen LogP contribution in [0.1, 0.15) is 28.9 Å². The Hall–Kier alpha value is -1.79. The molecule has 0 aromatic carbocycles. The summed E-state index contributed by atoms with van der Waals surface area (Å²) in [6.45, 7) is 1.94. The molecule has 1 amide bonds. The highest BCUT2D eigenvalue weighted by atomic mass is 19.4. The molecule has 2 heterocycles. The summed E-state index contributed by atoms with van der Waals surface area (Å²) in [5, 5.41) is 0. The van der Waals surface area contributed by atoms with Crippen molar-refractivity contribution in [3.8, 4) is 0 Å². The predicted octanol–water partition coefficient (Wildman–Crippen LogP) is 2.39. The van der Waals surface area contributed by atoms with Gasteiger partial charge in [-0.3, -0.25) is 9.78 Å². The zero-order valence-electron chi connectivity index (χ0n) is 11.1. The highest BCUT2D eigenvalue weighted by Gasteiger charge is 2.41. The van der Waals surface area contributed by atoms with Crippen molar-refractivity contribution < 1.29 is 18.0 Å². The van der Waals surface area contributed by atoms with E-state index in [-0.39, 0.29) is 37.4 Å². The SMILES string of the molecule is Cc1cc(N)c(C(=O)N2CCC(C(F)(F)F)CC2)cn1. The number of alkyl halides is 3. The number of piperidine rings is 1. The fraction of sp³-hybridized carbons (Fsp3) is 0.538. The molecule has 7 heteroatoms. The second kappa shape index (κ2) is 5.30. The average molecular weight is 287 g/mol. The lowest BCUT2D eigenvalue weighted by Crippen LogP contribution is -2.42. The van der Waals surface area contributed by atoms with Crippen molar-refractivity contribution in [3.63, 3.8) is 0 Å². The molecule has 0 aliphatic carbocycles. The van der Waals surface area contributed by atoms with Gasteiger partial charge < -0.3 is 10.6 Å². The largest absolute Gasteiger partial charge is 0.398 e. The number of aromatic nitrogens is 1. The number of amides is 1. The van der Waals surface area contributed by atoms with Crippen molar-refractivity contribution in [2.45, 2.75) is 25.9 Å². The van der Waals surface area contributed by atoms with Gasteiger partial charge in [-0.1, -0.05) is 0 Å². The lowest BCUT2D eigenvalue weighted by atomic mass is 9.96. The Morgan fingerprint density at radius 2 is 2.00 bits per heavy atom. The molecule has 1 saturated heterocycles. The number of anilines is 1. The number of nitrogens with two attached hydrogens (primary N) is 1. The number of halogens is 3. The normalized spacial score (nSPS) is 17.3. The van der Waals surface area contributed by atoms with Crippen LogP contribution in [0.3, 0.4) is 0 Å². The molecule has 2 rings (SSSR count). The molecule has 0 saturated carbocycles. The summed E-state index contributed by atoms with van der Waals surface area (Å²) < 4.78 is 37.7. The van der Waals surface area contributed by atoms with Crippen LogP contribution in [0.2, 0.25) is 0 Å². The van der Waals surface area contributed by atoms with E-state index >= 15 is 0 Å². The zero-order chi connectivity index (χ0) is 14.9. The molecule has 110 valence electrons. The number of nitrogen functional groups attached to an aromatic ring is 1. The molecule has 0 bridgehead atoms. The molecule has 1 aromatic rings. The summed E-state index contributed by atoms with van der Waals surface area (Å²) in [5.41, 5.74) is 7.00. The van der Waals surface area contributed by atoms with Crippen molar-refractivity contribution >= 4 is 11.6 Å². The fourth-order valence-electron chi connectivity index (χ4n) is 2.34. The Morgan fingerprint density at radius 3 is 2.50 bits per heavy atom. The van der Waals surface area contributed by atoms with E-state index in [1.807, 2.05) is 0 Å². The van der Waals surface area contributed by atoms with Crippen LogP contribution in [0.15, 0.2) is 12.3 Å². The Labute approximate surface area is 114 Å². The topological polar surface area (TPSA) is 59.2 Å². The number of nitrogens with zero attached hydrogens (tertiary/aromatic N) is 2. The van der Waals surface area contributed by atoms with Gasteiger partial charge in [-0.15, -0.1) is 0 Å². The van der Waals surface area contributed by atoms with Crippen LogP contribution in [0, 0.1) is 12.8 Å². The summed E-state index contributed by atoms with van der Waals surface area (Å²) >= 11 is 0. The quantitative estimate of drug-likeness (QED) is 0.862. The Balaban J connectivity index is 2.05. The van der Waals surface area contributed by atoms with E-state index in [1.165, 1.54) is 11.1 Å². The minimum Gasteiger partial charge on any atom is -0.398 e. The summed E-state index contributed by atoms with van der Waals surface area (Å²) in [4.78, 5) is 17.6. The molecule has 0 radical (unpaired) electrons. The number of aryl methyl sites for hydroxylation is 1. The Kier molecular flexibility index (Phi) is 3.87. The van der Waals surface area contributed by atoms with Gasteiger partial charge in [0.15, 0.2) is 0 Å². The first-order valence-corrected chi connectivity index (χ1v) is 6.37. The van der Waals surface area contributed by atoms with Crippen LogP contribution in [-0.2, 0) is 0 Å². The molecular formula is C13H16F3N3O. The fourth-order valence-corrected chi connectivity index (χ4v) is 2.34.